The molecule has 2 aromatic rings. The topological polar surface area (TPSA) is 95.5 Å². The molecule has 1 saturated carbocycles. The second-order valence-corrected chi connectivity index (χ2v) is 8.57. The van der Waals surface area contributed by atoms with Crippen molar-refractivity contribution >= 4 is 21.6 Å². The van der Waals surface area contributed by atoms with Crippen molar-refractivity contribution < 1.29 is 18.3 Å². The van der Waals surface area contributed by atoms with E-state index in [-0.39, 0.29) is 16.8 Å². The van der Waals surface area contributed by atoms with Gasteiger partial charge in [-0.1, -0.05) is 25.0 Å². The third kappa shape index (κ3) is 4.87. The molecule has 144 valence electrons. The molecule has 0 radical (unpaired) electrons. The molecule has 7 heteroatoms. The van der Waals surface area contributed by atoms with E-state index in [2.05, 4.69) is 10.0 Å². The molecule has 0 aromatic heterocycles. The Kier molecular flexibility index (Phi) is 5.82. The first-order valence-corrected chi connectivity index (χ1v) is 10.6. The van der Waals surface area contributed by atoms with Gasteiger partial charge in [0, 0.05) is 17.3 Å². The molecule has 1 unspecified atom stereocenters. The molecule has 1 aliphatic rings. The first-order valence-electron chi connectivity index (χ1n) is 9.07. The Morgan fingerprint density at radius 1 is 1.04 bits per heavy atom. The summed E-state index contributed by atoms with van der Waals surface area (Å²) in [7, 11) is -3.74. The molecule has 1 atom stereocenters. The quantitative estimate of drug-likeness (QED) is 0.708. The zero-order valence-corrected chi connectivity index (χ0v) is 16.0. The molecular formula is C20H24N2O4S. The summed E-state index contributed by atoms with van der Waals surface area (Å²) in [5.41, 5.74) is 1.53. The summed E-state index contributed by atoms with van der Waals surface area (Å²) < 4.78 is 27.5. The summed E-state index contributed by atoms with van der Waals surface area (Å²) in [5.74, 6) is -0.134. The molecule has 1 fully saturated rings. The van der Waals surface area contributed by atoms with Gasteiger partial charge in [0.2, 0.25) is 0 Å². The van der Waals surface area contributed by atoms with Gasteiger partial charge in [0.15, 0.2) is 0 Å². The van der Waals surface area contributed by atoms with Gasteiger partial charge in [0.25, 0.3) is 15.9 Å². The summed E-state index contributed by atoms with van der Waals surface area (Å²) >= 11 is 0. The van der Waals surface area contributed by atoms with Crippen LogP contribution < -0.4 is 10.0 Å². The van der Waals surface area contributed by atoms with Crippen LogP contribution in [0.1, 0.15) is 54.6 Å². The molecular weight excluding hydrogens is 364 g/mol. The van der Waals surface area contributed by atoms with E-state index in [0.717, 1.165) is 25.7 Å². The van der Waals surface area contributed by atoms with Crippen LogP contribution in [0, 0.1) is 0 Å². The number of rotatable bonds is 6. The highest BCUT2D eigenvalue weighted by Gasteiger charge is 2.18. The highest BCUT2D eigenvalue weighted by Crippen LogP contribution is 2.21. The van der Waals surface area contributed by atoms with Crippen LogP contribution in [-0.2, 0) is 10.0 Å². The van der Waals surface area contributed by atoms with E-state index in [1.54, 1.807) is 43.3 Å². The van der Waals surface area contributed by atoms with E-state index in [1.165, 1.54) is 12.1 Å². The molecule has 6 nitrogen and oxygen atoms in total. The summed E-state index contributed by atoms with van der Waals surface area (Å²) in [6.45, 7) is 1.62. The average Bonchev–Trinajstić information content (AvgIpc) is 3.15. The maximum absolute atomic E-state index is 12.5. The number of amides is 1. The lowest BCUT2D eigenvalue weighted by atomic mass is 10.1. The predicted octanol–water partition coefficient (Wildman–Crippen LogP) is 3.21. The summed E-state index contributed by atoms with van der Waals surface area (Å²) in [5, 5.41) is 12.5. The van der Waals surface area contributed by atoms with E-state index >= 15 is 0 Å². The summed E-state index contributed by atoms with van der Waals surface area (Å²) in [6.07, 6.45) is 3.65. The number of carbonyl (C=O) groups is 1. The fourth-order valence-electron chi connectivity index (χ4n) is 3.17. The zero-order valence-electron chi connectivity index (χ0n) is 15.2. The average molecular weight is 388 g/mol. The minimum atomic E-state index is -3.74. The molecule has 1 amide bonds. The SMILES string of the molecule is CC(O)c1ccc(S(=O)(=O)Nc2ccc(C(=O)NC3CCCC3)cc2)cc1. The van der Waals surface area contributed by atoms with Crippen molar-refractivity contribution in [3.63, 3.8) is 0 Å². The second kappa shape index (κ2) is 8.10. The van der Waals surface area contributed by atoms with E-state index in [0.29, 0.717) is 16.8 Å². The Morgan fingerprint density at radius 2 is 1.63 bits per heavy atom. The Bertz CT molecular complexity index is 885. The lowest BCUT2D eigenvalue weighted by Gasteiger charge is -2.13. The van der Waals surface area contributed by atoms with Crippen molar-refractivity contribution in [2.24, 2.45) is 0 Å². The monoisotopic (exact) mass is 388 g/mol. The number of hydrogen-bond donors (Lipinski definition) is 3. The number of sulfonamides is 1. The lowest BCUT2D eigenvalue weighted by molar-refractivity contribution is 0.0938. The number of nitrogens with one attached hydrogen (secondary N) is 2. The second-order valence-electron chi connectivity index (χ2n) is 6.88. The predicted molar refractivity (Wildman–Crippen MR) is 104 cm³/mol. The largest absolute Gasteiger partial charge is 0.389 e. The molecule has 0 spiro atoms. The Hall–Kier alpha value is -2.38. The number of aliphatic hydroxyl groups is 1. The number of hydrogen-bond acceptors (Lipinski definition) is 4. The third-order valence-electron chi connectivity index (χ3n) is 4.76. The van der Waals surface area contributed by atoms with Crippen LogP contribution in [0.15, 0.2) is 53.4 Å². The van der Waals surface area contributed by atoms with Gasteiger partial charge in [-0.2, -0.15) is 0 Å². The molecule has 0 bridgehead atoms. The number of benzene rings is 2. The lowest BCUT2D eigenvalue weighted by Crippen LogP contribution is -2.32. The standard InChI is InChI=1S/C20H24N2O4S/c1-14(23)15-8-12-19(13-9-15)27(25,26)22-18-10-6-16(7-11-18)20(24)21-17-4-2-3-5-17/h6-14,17,22-23H,2-5H2,1H3,(H,21,24). The summed E-state index contributed by atoms with van der Waals surface area (Å²) in [6, 6.07) is 12.7. The van der Waals surface area contributed by atoms with E-state index in [4.69, 9.17) is 0 Å². The van der Waals surface area contributed by atoms with Gasteiger partial charge in [-0.25, -0.2) is 8.42 Å². The Morgan fingerprint density at radius 3 is 2.19 bits per heavy atom. The number of aliphatic hydroxyl groups excluding tert-OH is 1. The molecule has 27 heavy (non-hydrogen) atoms. The highest BCUT2D eigenvalue weighted by atomic mass is 32.2. The van der Waals surface area contributed by atoms with Gasteiger partial charge < -0.3 is 10.4 Å². The maximum Gasteiger partial charge on any atom is 0.261 e. The Balaban J connectivity index is 1.66. The summed E-state index contributed by atoms with van der Waals surface area (Å²) in [4.78, 5) is 12.3. The van der Waals surface area contributed by atoms with Gasteiger partial charge in [-0.05, 0) is 61.7 Å². The first-order chi connectivity index (χ1) is 12.8. The fourth-order valence-corrected chi connectivity index (χ4v) is 4.23. The van der Waals surface area contributed by atoms with Crippen LogP contribution in [0.4, 0.5) is 5.69 Å². The maximum atomic E-state index is 12.5. The Labute approximate surface area is 159 Å². The van der Waals surface area contributed by atoms with Crippen molar-refractivity contribution in [1.82, 2.24) is 5.32 Å². The molecule has 1 aliphatic carbocycles. The van der Waals surface area contributed by atoms with E-state index in [1.807, 2.05) is 0 Å². The zero-order chi connectivity index (χ0) is 19.4. The minimum absolute atomic E-state index is 0.106. The van der Waals surface area contributed by atoms with Crippen molar-refractivity contribution in [3.05, 3.63) is 59.7 Å². The minimum Gasteiger partial charge on any atom is -0.389 e. The van der Waals surface area contributed by atoms with Crippen molar-refractivity contribution in [1.29, 1.82) is 0 Å². The number of carbonyl (C=O) groups excluding carboxylic acids is 1. The van der Waals surface area contributed by atoms with Crippen molar-refractivity contribution in [2.45, 2.75) is 49.6 Å². The van der Waals surface area contributed by atoms with Crippen LogP contribution in [0.5, 0.6) is 0 Å². The van der Waals surface area contributed by atoms with E-state index in [9.17, 15) is 18.3 Å². The first kappa shape index (κ1) is 19.4. The molecule has 0 saturated heterocycles. The van der Waals surface area contributed by atoms with Crippen LogP contribution in [0.25, 0.3) is 0 Å². The van der Waals surface area contributed by atoms with Gasteiger partial charge in [0.1, 0.15) is 0 Å². The van der Waals surface area contributed by atoms with Gasteiger partial charge in [0.05, 0.1) is 11.0 Å². The highest BCUT2D eigenvalue weighted by molar-refractivity contribution is 7.92. The van der Waals surface area contributed by atoms with Crippen LogP contribution in [0.3, 0.4) is 0 Å². The van der Waals surface area contributed by atoms with Crippen LogP contribution >= 0.6 is 0 Å². The van der Waals surface area contributed by atoms with Gasteiger partial charge >= 0.3 is 0 Å². The third-order valence-corrected chi connectivity index (χ3v) is 6.16. The van der Waals surface area contributed by atoms with Crippen LogP contribution in [0.2, 0.25) is 0 Å². The van der Waals surface area contributed by atoms with Crippen molar-refractivity contribution in [2.75, 3.05) is 4.72 Å². The molecule has 3 N–H and O–H groups in total. The van der Waals surface area contributed by atoms with E-state index < -0.39 is 16.1 Å². The van der Waals surface area contributed by atoms with Crippen molar-refractivity contribution in [3.8, 4) is 0 Å². The number of anilines is 1. The molecule has 0 heterocycles. The van der Waals surface area contributed by atoms with Gasteiger partial charge in [-0.3, -0.25) is 9.52 Å². The molecule has 3 rings (SSSR count). The smallest absolute Gasteiger partial charge is 0.261 e. The fraction of sp³-hybridized carbons (Fsp3) is 0.350. The van der Waals surface area contributed by atoms with Gasteiger partial charge in [-0.15, -0.1) is 0 Å². The molecule has 0 aliphatic heterocycles. The normalized spacial score (nSPS) is 16.1. The molecule has 2 aromatic carbocycles. The van der Waals surface area contributed by atoms with Crippen LogP contribution in [-0.4, -0.2) is 25.5 Å².